The quantitative estimate of drug-likeness (QED) is 0.634. The topological polar surface area (TPSA) is 18.5 Å². The van der Waals surface area contributed by atoms with E-state index in [9.17, 15) is 0 Å². The lowest BCUT2D eigenvalue weighted by Gasteiger charge is -2.13. The summed E-state index contributed by atoms with van der Waals surface area (Å²) in [5.74, 6) is 0.889. The van der Waals surface area contributed by atoms with Crippen LogP contribution in [0.25, 0.3) is 21.5 Å². The third kappa shape index (κ3) is 2.12. The average molecular weight is 264 g/mol. The van der Waals surface area contributed by atoms with Crippen molar-refractivity contribution in [3.8, 4) is 5.75 Å². The summed E-state index contributed by atoms with van der Waals surface area (Å²) in [5, 5.41) is 4.98. The molecule has 0 N–H and O–H groups in total. The molecule has 1 unspecified atom stereocenters. The summed E-state index contributed by atoms with van der Waals surface area (Å²) >= 11 is 0. The fourth-order valence-electron chi connectivity index (χ4n) is 2.78. The van der Waals surface area contributed by atoms with E-state index in [0.29, 0.717) is 0 Å². The van der Waals surface area contributed by atoms with Crippen LogP contribution in [-0.4, -0.2) is 12.9 Å². The second kappa shape index (κ2) is 4.80. The molecule has 1 fully saturated rings. The Morgan fingerprint density at radius 3 is 2.35 bits per heavy atom. The van der Waals surface area contributed by atoms with E-state index in [-0.39, 0.29) is 6.29 Å². The zero-order valence-corrected chi connectivity index (χ0v) is 11.2. The lowest BCUT2D eigenvalue weighted by Crippen LogP contribution is -2.13. The molecule has 4 rings (SSSR count). The van der Waals surface area contributed by atoms with Gasteiger partial charge in [0.05, 0.1) is 6.61 Å². The monoisotopic (exact) mass is 264 g/mol. The fraction of sp³-hybridized carbons (Fsp3) is 0.222. The number of hydrogen-bond donors (Lipinski definition) is 0. The van der Waals surface area contributed by atoms with Crippen LogP contribution in [0.5, 0.6) is 5.75 Å². The zero-order chi connectivity index (χ0) is 13.4. The Morgan fingerprint density at radius 1 is 0.850 bits per heavy atom. The molecule has 1 aliphatic rings. The Hall–Kier alpha value is -2.06. The highest BCUT2D eigenvalue weighted by Gasteiger charge is 2.16. The van der Waals surface area contributed by atoms with Gasteiger partial charge in [-0.1, -0.05) is 30.3 Å². The van der Waals surface area contributed by atoms with Crippen LogP contribution >= 0.6 is 0 Å². The molecule has 0 spiro atoms. The summed E-state index contributed by atoms with van der Waals surface area (Å²) in [4.78, 5) is 0. The van der Waals surface area contributed by atoms with Gasteiger partial charge in [-0.3, -0.25) is 0 Å². The van der Waals surface area contributed by atoms with Crippen molar-refractivity contribution in [3.63, 3.8) is 0 Å². The lowest BCUT2D eigenvalue weighted by atomic mass is 10.0. The first-order valence-electron chi connectivity index (χ1n) is 7.09. The predicted octanol–water partition coefficient (Wildman–Crippen LogP) is 4.51. The molecule has 0 bridgehead atoms. The molecule has 20 heavy (non-hydrogen) atoms. The Bertz CT molecular complexity index is 758. The summed E-state index contributed by atoms with van der Waals surface area (Å²) in [6, 6.07) is 19.1. The van der Waals surface area contributed by atoms with E-state index in [2.05, 4.69) is 48.5 Å². The number of benzene rings is 3. The van der Waals surface area contributed by atoms with Gasteiger partial charge in [-0.25, -0.2) is 0 Å². The van der Waals surface area contributed by atoms with Crippen LogP contribution in [0.2, 0.25) is 0 Å². The van der Waals surface area contributed by atoms with Gasteiger partial charge in [0, 0.05) is 6.42 Å². The molecule has 2 nitrogen and oxygen atoms in total. The van der Waals surface area contributed by atoms with Crippen LogP contribution in [0.1, 0.15) is 12.8 Å². The van der Waals surface area contributed by atoms with Crippen molar-refractivity contribution >= 4 is 21.5 Å². The van der Waals surface area contributed by atoms with Crippen LogP contribution < -0.4 is 4.74 Å². The molecular formula is C18H16O2. The molecule has 0 amide bonds. The van der Waals surface area contributed by atoms with Crippen molar-refractivity contribution in [1.29, 1.82) is 0 Å². The molecule has 100 valence electrons. The van der Waals surface area contributed by atoms with Gasteiger partial charge in [-0.15, -0.1) is 0 Å². The first-order chi connectivity index (χ1) is 9.88. The van der Waals surface area contributed by atoms with E-state index in [0.717, 1.165) is 25.2 Å². The lowest BCUT2D eigenvalue weighted by molar-refractivity contribution is -0.0389. The molecule has 0 saturated carbocycles. The summed E-state index contributed by atoms with van der Waals surface area (Å²) < 4.78 is 11.4. The first-order valence-corrected chi connectivity index (χ1v) is 7.09. The Balaban J connectivity index is 1.75. The second-order valence-corrected chi connectivity index (χ2v) is 5.27. The summed E-state index contributed by atoms with van der Waals surface area (Å²) in [6.07, 6.45) is 1.99. The normalized spacial score (nSPS) is 18.7. The van der Waals surface area contributed by atoms with Crippen LogP contribution in [0.4, 0.5) is 0 Å². The van der Waals surface area contributed by atoms with Gasteiger partial charge in [0.1, 0.15) is 5.75 Å². The third-order valence-corrected chi connectivity index (χ3v) is 3.83. The van der Waals surface area contributed by atoms with Gasteiger partial charge in [0.25, 0.3) is 0 Å². The summed E-state index contributed by atoms with van der Waals surface area (Å²) in [5.41, 5.74) is 0. The third-order valence-electron chi connectivity index (χ3n) is 3.83. The van der Waals surface area contributed by atoms with E-state index in [1.54, 1.807) is 0 Å². The highest BCUT2D eigenvalue weighted by molar-refractivity contribution is 5.98. The molecule has 1 aliphatic heterocycles. The van der Waals surface area contributed by atoms with Crippen LogP contribution in [0.15, 0.2) is 54.6 Å². The Kier molecular flexibility index (Phi) is 2.82. The maximum Gasteiger partial charge on any atom is 0.199 e. The van der Waals surface area contributed by atoms with Crippen LogP contribution in [0, 0.1) is 0 Å². The van der Waals surface area contributed by atoms with Gasteiger partial charge in [-0.2, -0.15) is 0 Å². The maximum absolute atomic E-state index is 5.87. The number of rotatable bonds is 2. The molecule has 0 radical (unpaired) electrons. The van der Waals surface area contributed by atoms with Crippen molar-refractivity contribution in [2.24, 2.45) is 0 Å². The van der Waals surface area contributed by atoms with Crippen molar-refractivity contribution in [3.05, 3.63) is 54.6 Å². The zero-order valence-electron chi connectivity index (χ0n) is 11.2. The molecule has 3 aromatic rings. The maximum atomic E-state index is 5.87. The minimum Gasteiger partial charge on any atom is -0.465 e. The molecule has 1 saturated heterocycles. The number of ether oxygens (including phenoxy) is 2. The average Bonchev–Trinajstić information content (AvgIpc) is 2.98. The highest BCUT2D eigenvalue weighted by atomic mass is 16.7. The van der Waals surface area contributed by atoms with Crippen molar-refractivity contribution in [1.82, 2.24) is 0 Å². The van der Waals surface area contributed by atoms with Crippen molar-refractivity contribution in [2.75, 3.05) is 6.61 Å². The Labute approximate surface area is 117 Å². The van der Waals surface area contributed by atoms with Gasteiger partial charge in [0.2, 0.25) is 0 Å². The Morgan fingerprint density at radius 2 is 1.60 bits per heavy atom. The van der Waals surface area contributed by atoms with Crippen molar-refractivity contribution in [2.45, 2.75) is 19.1 Å². The highest BCUT2D eigenvalue weighted by Crippen LogP contribution is 2.27. The number of fused-ring (bicyclic) bond motifs is 2. The molecule has 0 aliphatic carbocycles. The number of hydrogen-bond acceptors (Lipinski definition) is 2. The van der Waals surface area contributed by atoms with E-state index in [1.165, 1.54) is 21.5 Å². The molecular weight excluding hydrogens is 248 g/mol. The SMILES string of the molecule is c1ccc2cc3cc(OC4CCCO4)ccc3cc2c1. The largest absolute Gasteiger partial charge is 0.465 e. The van der Waals surface area contributed by atoms with Gasteiger partial charge in [0.15, 0.2) is 6.29 Å². The van der Waals surface area contributed by atoms with Crippen LogP contribution in [-0.2, 0) is 4.74 Å². The molecule has 3 aromatic carbocycles. The molecule has 2 heteroatoms. The smallest absolute Gasteiger partial charge is 0.199 e. The fourth-order valence-corrected chi connectivity index (χ4v) is 2.78. The van der Waals surface area contributed by atoms with Crippen LogP contribution in [0.3, 0.4) is 0 Å². The predicted molar refractivity (Wildman–Crippen MR) is 81.1 cm³/mol. The van der Waals surface area contributed by atoms with Crippen molar-refractivity contribution < 1.29 is 9.47 Å². The standard InChI is InChI=1S/C18H16O2/c1-2-5-14-11-16-12-17(20-18-6-3-9-19-18)8-7-15(16)10-13(14)4-1/h1-2,4-5,7-8,10-12,18H,3,6,9H2. The second-order valence-electron chi connectivity index (χ2n) is 5.27. The van der Waals surface area contributed by atoms with Gasteiger partial charge in [-0.05, 0) is 52.2 Å². The minimum atomic E-state index is -0.0760. The van der Waals surface area contributed by atoms with E-state index < -0.39 is 0 Å². The molecule has 1 heterocycles. The van der Waals surface area contributed by atoms with Gasteiger partial charge >= 0.3 is 0 Å². The molecule has 1 atom stereocenters. The minimum absolute atomic E-state index is 0.0760. The van der Waals surface area contributed by atoms with Gasteiger partial charge < -0.3 is 9.47 Å². The van der Waals surface area contributed by atoms with E-state index in [4.69, 9.17) is 9.47 Å². The summed E-state index contributed by atoms with van der Waals surface area (Å²) in [7, 11) is 0. The molecule has 0 aromatic heterocycles. The summed E-state index contributed by atoms with van der Waals surface area (Å²) in [6.45, 7) is 0.808. The van der Waals surface area contributed by atoms with E-state index in [1.807, 2.05) is 6.07 Å². The van der Waals surface area contributed by atoms with E-state index >= 15 is 0 Å². The first kappa shape index (κ1) is 11.7.